The molecule has 1 aliphatic heterocycles. The predicted molar refractivity (Wildman–Crippen MR) is 92.0 cm³/mol. The SMILES string of the molecule is O=C(Cc1cccnc1)N1CCCC(CCc2ccc(F)cc2)C1. The van der Waals surface area contributed by atoms with E-state index >= 15 is 0 Å². The Hall–Kier alpha value is -2.23. The van der Waals surface area contributed by atoms with Gasteiger partial charge in [-0.25, -0.2) is 4.39 Å². The van der Waals surface area contributed by atoms with Crippen LogP contribution in [0.1, 0.15) is 30.4 Å². The molecule has 1 aromatic heterocycles. The van der Waals surface area contributed by atoms with Crippen LogP contribution in [0.2, 0.25) is 0 Å². The van der Waals surface area contributed by atoms with Gasteiger partial charge in [-0.3, -0.25) is 9.78 Å². The molecule has 3 nitrogen and oxygen atoms in total. The van der Waals surface area contributed by atoms with Crippen molar-refractivity contribution in [2.45, 2.75) is 32.1 Å². The van der Waals surface area contributed by atoms with Gasteiger partial charge in [0, 0.05) is 25.5 Å². The van der Waals surface area contributed by atoms with Crippen LogP contribution < -0.4 is 0 Å². The van der Waals surface area contributed by atoms with Crippen LogP contribution in [0.3, 0.4) is 0 Å². The summed E-state index contributed by atoms with van der Waals surface area (Å²) in [6.45, 7) is 1.69. The molecule has 0 bridgehead atoms. The van der Waals surface area contributed by atoms with Gasteiger partial charge in [-0.2, -0.15) is 0 Å². The standard InChI is InChI=1S/C20H23FN2O/c21-19-9-7-16(8-10-19)5-6-17-4-2-12-23(15-17)20(24)13-18-3-1-11-22-14-18/h1,3,7-11,14,17H,2,4-6,12-13,15H2. The molecule has 1 saturated heterocycles. The monoisotopic (exact) mass is 326 g/mol. The van der Waals surface area contributed by atoms with Gasteiger partial charge >= 0.3 is 0 Å². The summed E-state index contributed by atoms with van der Waals surface area (Å²) >= 11 is 0. The summed E-state index contributed by atoms with van der Waals surface area (Å²) in [6, 6.07) is 10.5. The molecule has 1 unspecified atom stereocenters. The number of likely N-dealkylation sites (tertiary alicyclic amines) is 1. The predicted octanol–water partition coefficient (Wildman–Crippen LogP) is 3.63. The molecule has 1 aromatic carbocycles. The Labute approximate surface area is 142 Å². The van der Waals surface area contributed by atoms with E-state index in [0.29, 0.717) is 12.3 Å². The second kappa shape index (κ2) is 8.04. The Morgan fingerprint density at radius 3 is 2.79 bits per heavy atom. The Bertz CT molecular complexity index is 657. The zero-order valence-electron chi connectivity index (χ0n) is 13.8. The maximum absolute atomic E-state index is 13.0. The Balaban J connectivity index is 1.50. The topological polar surface area (TPSA) is 33.2 Å². The Kier molecular flexibility index (Phi) is 5.57. The lowest BCUT2D eigenvalue weighted by Crippen LogP contribution is -2.40. The Morgan fingerprint density at radius 2 is 2.04 bits per heavy atom. The van der Waals surface area contributed by atoms with E-state index in [1.54, 1.807) is 12.4 Å². The largest absolute Gasteiger partial charge is 0.342 e. The molecule has 0 aliphatic carbocycles. The maximum atomic E-state index is 13.0. The molecule has 0 N–H and O–H groups in total. The lowest BCUT2D eigenvalue weighted by atomic mass is 9.91. The molecule has 2 aromatic rings. The fourth-order valence-corrected chi connectivity index (χ4v) is 3.34. The minimum absolute atomic E-state index is 0.189. The van der Waals surface area contributed by atoms with E-state index in [-0.39, 0.29) is 11.7 Å². The number of hydrogen-bond donors (Lipinski definition) is 0. The summed E-state index contributed by atoms with van der Waals surface area (Å²) in [5.74, 6) is 0.528. The van der Waals surface area contributed by atoms with E-state index in [4.69, 9.17) is 0 Å². The first-order chi connectivity index (χ1) is 11.7. The molecule has 4 heteroatoms. The van der Waals surface area contributed by atoms with Crippen LogP contribution in [0.25, 0.3) is 0 Å². The molecule has 1 atom stereocenters. The third-order valence-electron chi connectivity index (χ3n) is 4.70. The number of carbonyl (C=O) groups excluding carboxylic acids is 1. The molecule has 126 valence electrons. The fourth-order valence-electron chi connectivity index (χ4n) is 3.34. The van der Waals surface area contributed by atoms with Crippen LogP contribution in [-0.2, 0) is 17.6 Å². The van der Waals surface area contributed by atoms with E-state index in [1.165, 1.54) is 12.1 Å². The van der Waals surface area contributed by atoms with Crippen molar-refractivity contribution >= 4 is 5.91 Å². The fraction of sp³-hybridized carbons (Fsp3) is 0.400. The van der Waals surface area contributed by atoms with Gasteiger partial charge < -0.3 is 4.90 Å². The van der Waals surface area contributed by atoms with E-state index in [9.17, 15) is 9.18 Å². The number of aryl methyl sites for hydroxylation is 1. The number of nitrogens with zero attached hydrogens (tertiary/aromatic N) is 2. The van der Waals surface area contributed by atoms with E-state index in [0.717, 1.165) is 49.9 Å². The van der Waals surface area contributed by atoms with Crippen molar-refractivity contribution in [3.63, 3.8) is 0 Å². The molecular formula is C20H23FN2O. The van der Waals surface area contributed by atoms with Crippen molar-refractivity contribution < 1.29 is 9.18 Å². The number of carbonyl (C=O) groups is 1. The highest BCUT2D eigenvalue weighted by Gasteiger charge is 2.23. The van der Waals surface area contributed by atoms with Gasteiger partial charge in [-0.15, -0.1) is 0 Å². The van der Waals surface area contributed by atoms with Crippen molar-refractivity contribution in [1.82, 2.24) is 9.88 Å². The molecule has 2 heterocycles. The molecule has 1 amide bonds. The van der Waals surface area contributed by atoms with Crippen LogP contribution >= 0.6 is 0 Å². The normalized spacial score (nSPS) is 17.7. The summed E-state index contributed by atoms with van der Waals surface area (Å²) in [5, 5.41) is 0. The smallest absolute Gasteiger partial charge is 0.227 e. The Morgan fingerprint density at radius 1 is 1.21 bits per heavy atom. The van der Waals surface area contributed by atoms with Crippen molar-refractivity contribution in [3.8, 4) is 0 Å². The molecule has 0 radical (unpaired) electrons. The van der Waals surface area contributed by atoms with Gasteiger partial charge in [0.15, 0.2) is 0 Å². The number of halogens is 1. The highest BCUT2D eigenvalue weighted by molar-refractivity contribution is 5.78. The summed E-state index contributed by atoms with van der Waals surface area (Å²) < 4.78 is 13.0. The number of pyridine rings is 1. The van der Waals surface area contributed by atoms with Gasteiger partial charge in [0.2, 0.25) is 5.91 Å². The maximum Gasteiger partial charge on any atom is 0.227 e. The molecule has 0 spiro atoms. The van der Waals surface area contributed by atoms with Crippen molar-refractivity contribution in [1.29, 1.82) is 0 Å². The van der Waals surface area contributed by atoms with E-state index in [1.807, 2.05) is 29.2 Å². The molecule has 0 saturated carbocycles. The molecule has 3 rings (SSSR count). The molecule has 24 heavy (non-hydrogen) atoms. The van der Waals surface area contributed by atoms with Crippen molar-refractivity contribution in [2.75, 3.05) is 13.1 Å². The summed E-state index contributed by atoms with van der Waals surface area (Å²) in [4.78, 5) is 18.5. The van der Waals surface area contributed by atoms with Crippen molar-refractivity contribution in [2.24, 2.45) is 5.92 Å². The van der Waals surface area contributed by atoms with E-state index < -0.39 is 0 Å². The number of aromatic nitrogens is 1. The third-order valence-corrected chi connectivity index (χ3v) is 4.70. The van der Waals surface area contributed by atoms with Gasteiger partial charge in [-0.1, -0.05) is 18.2 Å². The van der Waals surface area contributed by atoms with Gasteiger partial charge in [-0.05, 0) is 60.9 Å². The molecule has 1 aliphatic rings. The highest BCUT2D eigenvalue weighted by Crippen LogP contribution is 2.22. The van der Waals surface area contributed by atoms with Crippen LogP contribution in [0.4, 0.5) is 4.39 Å². The van der Waals surface area contributed by atoms with Gasteiger partial charge in [0.1, 0.15) is 5.82 Å². The number of hydrogen-bond acceptors (Lipinski definition) is 2. The van der Waals surface area contributed by atoms with E-state index in [2.05, 4.69) is 4.98 Å². The van der Waals surface area contributed by atoms with Gasteiger partial charge in [0.25, 0.3) is 0 Å². The molecular weight excluding hydrogens is 303 g/mol. The third kappa shape index (κ3) is 4.63. The highest BCUT2D eigenvalue weighted by atomic mass is 19.1. The second-order valence-electron chi connectivity index (χ2n) is 6.55. The zero-order valence-corrected chi connectivity index (χ0v) is 13.8. The number of amides is 1. The minimum Gasteiger partial charge on any atom is -0.342 e. The van der Waals surface area contributed by atoms with Gasteiger partial charge in [0.05, 0.1) is 6.42 Å². The van der Waals surface area contributed by atoms with Crippen LogP contribution in [0.5, 0.6) is 0 Å². The second-order valence-corrected chi connectivity index (χ2v) is 6.55. The van der Waals surface area contributed by atoms with Crippen LogP contribution in [-0.4, -0.2) is 28.9 Å². The summed E-state index contributed by atoms with van der Waals surface area (Å²) in [5.41, 5.74) is 2.13. The molecule has 1 fully saturated rings. The first-order valence-corrected chi connectivity index (χ1v) is 8.62. The zero-order chi connectivity index (χ0) is 16.8. The lowest BCUT2D eigenvalue weighted by Gasteiger charge is -2.33. The van der Waals surface area contributed by atoms with Crippen LogP contribution in [0.15, 0.2) is 48.8 Å². The lowest BCUT2D eigenvalue weighted by molar-refractivity contribution is -0.132. The average molecular weight is 326 g/mol. The summed E-state index contributed by atoms with van der Waals surface area (Å²) in [7, 11) is 0. The minimum atomic E-state index is -0.191. The quantitative estimate of drug-likeness (QED) is 0.840. The number of benzene rings is 1. The van der Waals surface area contributed by atoms with Crippen LogP contribution in [0, 0.1) is 11.7 Å². The first-order valence-electron chi connectivity index (χ1n) is 8.62. The van der Waals surface area contributed by atoms with Crippen molar-refractivity contribution in [3.05, 3.63) is 65.7 Å². The summed E-state index contributed by atoms with van der Waals surface area (Å²) in [6.07, 6.45) is 8.12. The first kappa shape index (κ1) is 16.6. The average Bonchev–Trinajstić information content (AvgIpc) is 2.62. The number of piperidine rings is 1. The number of rotatable bonds is 5.